The van der Waals surface area contributed by atoms with Crippen molar-refractivity contribution in [3.63, 3.8) is 0 Å². The molecule has 0 saturated heterocycles. The summed E-state index contributed by atoms with van der Waals surface area (Å²) in [6, 6.07) is 25.1. The zero-order chi connectivity index (χ0) is 19.1. The zero-order valence-electron chi connectivity index (χ0n) is 14.1. The standard InChI is InChI=1S/C21H16N2O.2BrH.Ni/c24-21(19-9-3-5-13-22-19,20-10-4-6-14-23-20)18-12-11-16-7-1-2-8-17(16)15-18;;;/h1-15,24H;2*1H;/q;;;+2/p-2. The van der Waals surface area contributed by atoms with Crippen molar-refractivity contribution in [3.8, 4) is 0 Å². The van der Waals surface area contributed by atoms with Crippen LogP contribution >= 0.6 is 28.5 Å². The van der Waals surface area contributed by atoms with Gasteiger partial charge in [-0.2, -0.15) is 0 Å². The SMILES string of the molecule is OC(c1ccc2ccccc2c1)(c1ccccn1)c1ccccn1.[Br][Ni][Br]. The normalized spacial score (nSPS) is 11.1. The fourth-order valence-electron chi connectivity index (χ4n) is 2.99. The summed E-state index contributed by atoms with van der Waals surface area (Å²) in [5.41, 5.74) is 0.462. The van der Waals surface area contributed by atoms with Crippen molar-refractivity contribution >= 4 is 39.2 Å². The monoisotopic (exact) mass is 528 g/mol. The summed E-state index contributed by atoms with van der Waals surface area (Å²) in [6.45, 7) is 0. The predicted octanol–water partition coefficient (Wildman–Crippen LogP) is 5.60. The molecule has 0 bridgehead atoms. The molecule has 6 heteroatoms. The number of hydrogen-bond acceptors (Lipinski definition) is 3. The number of fused-ring (bicyclic) bond motifs is 1. The molecule has 0 amide bonds. The molecule has 27 heavy (non-hydrogen) atoms. The van der Waals surface area contributed by atoms with E-state index in [1.165, 1.54) is 10.9 Å². The van der Waals surface area contributed by atoms with E-state index in [1.807, 2.05) is 72.8 Å². The van der Waals surface area contributed by atoms with Crippen LogP contribution in [0.4, 0.5) is 0 Å². The van der Waals surface area contributed by atoms with E-state index in [0.29, 0.717) is 11.4 Å². The van der Waals surface area contributed by atoms with Crippen molar-refractivity contribution < 1.29 is 16.0 Å². The molecule has 3 nitrogen and oxygen atoms in total. The average Bonchev–Trinajstić information content (AvgIpc) is 2.74. The van der Waals surface area contributed by atoms with Crippen LogP contribution in [0.2, 0.25) is 0 Å². The Kier molecular flexibility index (Phi) is 7.14. The second-order valence-electron chi connectivity index (χ2n) is 5.75. The number of pyridine rings is 2. The quantitative estimate of drug-likeness (QED) is 0.351. The Balaban J connectivity index is 0.000000659. The Morgan fingerprint density at radius 1 is 0.704 bits per heavy atom. The topological polar surface area (TPSA) is 46.0 Å². The van der Waals surface area contributed by atoms with Crippen molar-refractivity contribution in [1.82, 2.24) is 9.97 Å². The van der Waals surface area contributed by atoms with Crippen molar-refractivity contribution in [2.24, 2.45) is 0 Å². The number of aliphatic hydroxyl groups is 1. The van der Waals surface area contributed by atoms with Crippen LogP contribution in [0.5, 0.6) is 0 Å². The fraction of sp³-hybridized carbons (Fsp3) is 0.0476. The second-order valence-corrected chi connectivity index (χ2v) is 10.7. The van der Waals surface area contributed by atoms with Crippen LogP contribution in [0.1, 0.15) is 17.0 Å². The molecule has 0 aliphatic rings. The second kappa shape index (κ2) is 9.56. The van der Waals surface area contributed by atoms with Crippen LogP contribution in [-0.2, 0) is 16.5 Å². The van der Waals surface area contributed by atoms with Crippen molar-refractivity contribution in [3.05, 3.63) is 108 Å². The van der Waals surface area contributed by atoms with Gasteiger partial charge in [0, 0.05) is 12.4 Å². The van der Waals surface area contributed by atoms with E-state index in [9.17, 15) is 5.11 Å². The molecule has 0 saturated carbocycles. The molecular formula is C21H16Br2N2NiO. The third kappa shape index (κ3) is 4.46. The summed E-state index contributed by atoms with van der Waals surface area (Å²) in [5, 5.41) is 13.9. The summed E-state index contributed by atoms with van der Waals surface area (Å²) in [5.74, 6) is 0. The molecule has 0 fully saturated rings. The van der Waals surface area contributed by atoms with Gasteiger partial charge in [-0.05, 0) is 46.7 Å². The maximum atomic E-state index is 11.7. The summed E-state index contributed by atoms with van der Waals surface area (Å²) >= 11 is 6.00. The van der Waals surface area contributed by atoms with E-state index in [-0.39, 0.29) is 0 Å². The molecule has 1 N–H and O–H groups in total. The Morgan fingerprint density at radius 2 is 1.22 bits per heavy atom. The van der Waals surface area contributed by atoms with Gasteiger partial charge in [-0.1, -0.05) is 48.5 Å². The molecule has 4 rings (SSSR count). The summed E-state index contributed by atoms with van der Waals surface area (Å²) in [6.07, 6.45) is 3.37. The third-order valence-electron chi connectivity index (χ3n) is 4.24. The molecule has 0 aliphatic heterocycles. The van der Waals surface area contributed by atoms with Gasteiger partial charge in [0.15, 0.2) is 5.60 Å². The minimum absolute atomic E-state index is 0.555. The molecular weight excluding hydrogens is 515 g/mol. The van der Waals surface area contributed by atoms with E-state index in [1.54, 1.807) is 12.4 Å². The molecule has 0 spiro atoms. The molecule has 0 unspecified atom stereocenters. The van der Waals surface area contributed by atoms with Crippen LogP contribution in [0, 0.1) is 0 Å². The predicted molar refractivity (Wildman–Crippen MR) is 112 cm³/mol. The third-order valence-corrected chi connectivity index (χ3v) is 4.24. The van der Waals surface area contributed by atoms with Crippen LogP contribution in [-0.4, -0.2) is 15.1 Å². The Hall–Kier alpha value is -1.59. The number of rotatable bonds is 3. The first-order chi connectivity index (χ1) is 13.2. The van der Waals surface area contributed by atoms with E-state index in [2.05, 4.69) is 44.5 Å². The number of halogens is 2. The van der Waals surface area contributed by atoms with Gasteiger partial charge >= 0.3 is 39.3 Å². The Labute approximate surface area is 178 Å². The van der Waals surface area contributed by atoms with E-state index < -0.39 is 5.60 Å². The molecule has 2 heterocycles. The Bertz CT molecular complexity index is 961. The first-order valence-corrected chi connectivity index (χ1v) is 13.0. The molecule has 4 aromatic rings. The van der Waals surface area contributed by atoms with Gasteiger partial charge in [0.25, 0.3) is 0 Å². The molecule has 0 atom stereocenters. The zero-order valence-corrected chi connectivity index (χ0v) is 18.2. The number of benzene rings is 2. The number of aromatic nitrogens is 2. The van der Waals surface area contributed by atoms with Crippen molar-refractivity contribution in [1.29, 1.82) is 0 Å². The first kappa shape index (κ1) is 20.2. The van der Waals surface area contributed by atoms with Crippen LogP contribution in [0.15, 0.2) is 91.3 Å². The van der Waals surface area contributed by atoms with E-state index >= 15 is 0 Å². The summed E-state index contributed by atoms with van der Waals surface area (Å²) in [7, 11) is 1.25. The van der Waals surface area contributed by atoms with Gasteiger partial charge in [0.1, 0.15) is 0 Å². The van der Waals surface area contributed by atoms with Gasteiger partial charge in [0.2, 0.25) is 0 Å². The van der Waals surface area contributed by atoms with E-state index in [4.69, 9.17) is 0 Å². The van der Waals surface area contributed by atoms with Crippen LogP contribution in [0.3, 0.4) is 0 Å². The van der Waals surface area contributed by atoms with Crippen molar-refractivity contribution in [2.45, 2.75) is 5.60 Å². The van der Waals surface area contributed by atoms with Gasteiger partial charge in [-0.3, -0.25) is 9.97 Å². The maximum absolute atomic E-state index is 11.7. The van der Waals surface area contributed by atoms with Crippen LogP contribution < -0.4 is 0 Å². The summed E-state index contributed by atoms with van der Waals surface area (Å²) < 4.78 is 0. The molecule has 0 aliphatic carbocycles. The van der Waals surface area contributed by atoms with Gasteiger partial charge in [0.05, 0.1) is 11.4 Å². The van der Waals surface area contributed by atoms with Gasteiger partial charge in [-0.25, -0.2) is 0 Å². The van der Waals surface area contributed by atoms with E-state index in [0.717, 1.165) is 16.3 Å². The molecule has 0 radical (unpaired) electrons. The number of hydrogen-bond donors (Lipinski definition) is 1. The minimum atomic E-state index is -1.40. The molecule has 2 aromatic heterocycles. The van der Waals surface area contributed by atoms with Crippen molar-refractivity contribution in [2.75, 3.05) is 0 Å². The average molecular weight is 531 g/mol. The molecule has 140 valence electrons. The molecule has 2 aromatic carbocycles. The Morgan fingerprint density at radius 3 is 1.74 bits per heavy atom. The van der Waals surface area contributed by atoms with Gasteiger partial charge < -0.3 is 5.11 Å². The number of nitrogens with zero attached hydrogens (tertiary/aromatic N) is 2. The summed E-state index contributed by atoms with van der Waals surface area (Å²) in [4.78, 5) is 8.79. The van der Waals surface area contributed by atoms with Crippen LogP contribution in [0.25, 0.3) is 10.8 Å². The first-order valence-electron chi connectivity index (χ1n) is 8.07. The fourth-order valence-corrected chi connectivity index (χ4v) is 2.99. The van der Waals surface area contributed by atoms with Gasteiger partial charge in [-0.15, -0.1) is 0 Å².